The minimum Gasteiger partial charge on any atom is -0.388 e. The van der Waals surface area contributed by atoms with E-state index in [1.54, 1.807) is 0 Å². The normalized spacial score (nSPS) is 11.3. The zero-order valence-corrected chi connectivity index (χ0v) is 13.9. The molecule has 0 fully saturated rings. The van der Waals surface area contributed by atoms with Crippen LogP contribution in [0, 0.1) is 6.92 Å². The van der Waals surface area contributed by atoms with Crippen molar-refractivity contribution in [2.24, 2.45) is 5.73 Å². The number of nitrogens with zero attached hydrogens (tertiary/aromatic N) is 2. The van der Waals surface area contributed by atoms with Crippen LogP contribution >= 0.6 is 23.6 Å². The van der Waals surface area contributed by atoms with E-state index in [1.807, 2.05) is 13.8 Å². The van der Waals surface area contributed by atoms with Crippen LogP contribution in [0.4, 0.5) is 5.13 Å². The molecular weight excluding hydrogens is 328 g/mol. The molecule has 2 aromatic rings. The van der Waals surface area contributed by atoms with Gasteiger partial charge in [-0.15, -0.1) is 11.3 Å². The average molecular weight is 342 g/mol. The molecular formula is C12H14N4O2S3. The van der Waals surface area contributed by atoms with Crippen LogP contribution in [0.1, 0.15) is 23.2 Å². The monoisotopic (exact) mass is 342 g/mol. The Labute approximate surface area is 132 Å². The second-order valence-electron chi connectivity index (χ2n) is 4.20. The Morgan fingerprint density at radius 1 is 1.52 bits per heavy atom. The number of nitrogens with two attached hydrogens (primary N) is 1. The number of thiazole rings is 1. The molecule has 2 aromatic heterocycles. The number of pyridine rings is 1. The molecule has 0 saturated carbocycles. The molecule has 0 amide bonds. The minimum absolute atomic E-state index is 0.0524. The van der Waals surface area contributed by atoms with Gasteiger partial charge in [-0.2, -0.15) is 0 Å². The standard InChI is InChI=1S/C12H14N4O2S3/c1-3-8-7(2)20-12(15-8)16-21(17,18)9-5-4-6-14-10(9)11(13)19/h4-6H,3H2,1-2H3,(H2,13,19)(H,15,16). The zero-order chi connectivity index (χ0) is 15.6. The van der Waals surface area contributed by atoms with Crippen LogP contribution in [0.2, 0.25) is 0 Å². The Morgan fingerprint density at radius 2 is 2.24 bits per heavy atom. The van der Waals surface area contributed by atoms with Gasteiger partial charge in [-0.05, 0) is 25.5 Å². The summed E-state index contributed by atoms with van der Waals surface area (Å²) in [7, 11) is -3.83. The van der Waals surface area contributed by atoms with E-state index < -0.39 is 10.0 Å². The lowest BCUT2D eigenvalue weighted by molar-refractivity contribution is 0.600. The average Bonchev–Trinajstić information content (AvgIpc) is 2.77. The van der Waals surface area contributed by atoms with Gasteiger partial charge in [-0.25, -0.2) is 13.4 Å². The molecule has 0 aliphatic heterocycles. The molecule has 0 unspecified atom stereocenters. The Bertz CT molecular complexity index is 784. The predicted octanol–water partition coefficient (Wildman–Crippen LogP) is 1.84. The smallest absolute Gasteiger partial charge is 0.265 e. The maximum atomic E-state index is 12.4. The molecule has 0 aromatic carbocycles. The lowest BCUT2D eigenvalue weighted by Gasteiger charge is -2.08. The van der Waals surface area contributed by atoms with Crippen LogP contribution in [0.15, 0.2) is 23.2 Å². The molecule has 6 nitrogen and oxygen atoms in total. The number of thiocarbonyl (C=S) groups is 1. The van der Waals surface area contributed by atoms with Gasteiger partial charge in [-0.1, -0.05) is 19.1 Å². The van der Waals surface area contributed by atoms with Crippen LogP contribution in [0.25, 0.3) is 0 Å². The summed E-state index contributed by atoms with van der Waals surface area (Å²) >= 11 is 6.13. The van der Waals surface area contributed by atoms with Crippen LogP contribution in [0.3, 0.4) is 0 Å². The summed E-state index contributed by atoms with van der Waals surface area (Å²) in [6.45, 7) is 3.87. The van der Waals surface area contributed by atoms with Gasteiger partial charge in [0.05, 0.1) is 5.69 Å². The highest BCUT2D eigenvalue weighted by atomic mass is 32.2. The number of anilines is 1. The van der Waals surface area contributed by atoms with Crippen molar-refractivity contribution in [3.8, 4) is 0 Å². The van der Waals surface area contributed by atoms with E-state index in [2.05, 4.69) is 14.7 Å². The van der Waals surface area contributed by atoms with Crippen LogP contribution in [-0.4, -0.2) is 23.4 Å². The topological polar surface area (TPSA) is 98.0 Å². The molecule has 0 spiro atoms. The van der Waals surface area contributed by atoms with Gasteiger partial charge < -0.3 is 5.73 Å². The maximum Gasteiger partial charge on any atom is 0.265 e. The highest BCUT2D eigenvalue weighted by Gasteiger charge is 2.22. The molecule has 112 valence electrons. The second-order valence-corrected chi connectivity index (χ2v) is 7.49. The van der Waals surface area contributed by atoms with Crippen molar-refractivity contribution < 1.29 is 8.42 Å². The summed E-state index contributed by atoms with van der Waals surface area (Å²) in [6, 6.07) is 2.92. The number of sulfonamides is 1. The molecule has 2 heterocycles. The Balaban J connectivity index is 2.41. The highest BCUT2D eigenvalue weighted by Crippen LogP contribution is 2.25. The summed E-state index contributed by atoms with van der Waals surface area (Å²) in [5.41, 5.74) is 6.46. The summed E-state index contributed by atoms with van der Waals surface area (Å²) in [4.78, 5) is 9.04. The lowest BCUT2D eigenvalue weighted by atomic mass is 10.3. The molecule has 2 rings (SSSR count). The number of hydrogen-bond donors (Lipinski definition) is 2. The molecule has 0 atom stereocenters. The number of hydrogen-bond acceptors (Lipinski definition) is 6. The number of aryl methyl sites for hydroxylation is 2. The van der Waals surface area contributed by atoms with E-state index in [0.717, 1.165) is 17.0 Å². The minimum atomic E-state index is -3.83. The first kappa shape index (κ1) is 15.8. The summed E-state index contributed by atoms with van der Waals surface area (Å²) < 4.78 is 27.3. The van der Waals surface area contributed by atoms with E-state index in [9.17, 15) is 8.42 Å². The van der Waals surface area contributed by atoms with E-state index >= 15 is 0 Å². The largest absolute Gasteiger partial charge is 0.388 e. The Kier molecular flexibility index (Phi) is 4.55. The molecule has 0 aliphatic rings. The van der Waals surface area contributed by atoms with Gasteiger partial charge in [0.2, 0.25) is 0 Å². The van der Waals surface area contributed by atoms with Crippen LogP contribution in [0.5, 0.6) is 0 Å². The SMILES string of the molecule is CCc1nc(NS(=O)(=O)c2cccnc2C(N)=S)sc1C. The first-order valence-electron chi connectivity index (χ1n) is 6.09. The molecule has 0 saturated heterocycles. The third kappa shape index (κ3) is 3.36. The summed E-state index contributed by atoms with van der Waals surface area (Å²) in [5, 5.41) is 0.321. The van der Waals surface area contributed by atoms with Crippen molar-refractivity contribution in [2.75, 3.05) is 4.72 Å². The molecule has 3 N–H and O–H groups in total. The molecule has 9 heteroatoms. The quantitative estimate of drug-likeness (QED) is 0.805. The van der Waals surface area contributed by atoms with Gasteiger partial charge >= 0.3 is 0 Å². The van der Waals surface area contributed by atoms with Crippen LogP contribution in [-0.2, 0) is 16.4 Å². The number of rotatable bonds is 5. The molecule has 0 bridgehead atoms. The fraction of sp³-hybridized carbons (Fsp3) is 0.250. The van der Waals surface area contributed by atoms with Gasteiger partial charge in [0.1, 0.15) is 15.6 Å². The third-order valence-corrected chi connectivity index (χ3v) is 5.36. The predicted molar refractivity (Wildman–Crippen MR) is 87.2 cm³/mol. The van der Waals surface area contributed by atoms with Crippen molar-refractivity contribution in [3.05, 3.63) is 34.6 Å². The van der Waals surface area contributed by atoms with E-state index in [-0.39, 0.29) is 15.6 Å². The first-order chi connectivity index (χ1) is 9.85. The first-order valence-corrected chi connectivity index (χ1v) is 8.80. The van der Waals surface area contributed by atoms with Crippen molar-refractivity contribution in [3.63, 3.8) is 0 Å². The second kappa shape index (κ2) is 6.04. The Morgan fingerprint density at radius 3 is 2.81 bits per heavy atom. The van der Waals surface area contributed by atoms with Crippen molar-refractivity contribution in [1.82, 2.24) is 9.97 Å². The van der Waals surface area contributed by atoms with E-state index in [1.165, 1.54) is 29.7 Å². The summed E-state index contributed by atoms with van der Waals surface area (Å²) in [6.07, 6.45) is 2.19. The molecule has 21 heavy (non-hydrogen) atoms. The van der Waals surface area contributed by atoms with E-state index in [4.69, 9.17) is 18.0 Å². The van der Waals surface area contributed by atoms with Gasteiger partial charge in [-0.3, -0.25) is 9.71 Å². The number of aromatic nitrogens is 2. The zero-order valence-electron chi connectivity index (χ0n) is 11.5. The molecule has 0 radical (unpaired) electrons. The van der Waals surface area contributed by atoms with Crippen molar-refractivity contribution in [1.29, 1.82) is 0 Å². The third-order valence-electron chi connectivity index (χ3n) is 2.74. The summed E-state index contributed by atoms with van der Waals surface area (Å²) in [5.74, 6) is 0. The fourth-order valence-corrected chi connectivity index (χ4v) is 4.30. The molecule has 0 aliphatic carbocycles. The fourth-order valence-electron chi connectivity index (χ4n) is 1.76. The number of nitrogens with one attached hydrogen (secondary N) is 1. The van der Waals surface area contributed by atoms with Gasteiger partial charge in [0, 0.05) is 11.1 Å². The van der Waals surface area contributed by atoms with Crippen molar-refractivity contribution in [2.45, 2.75) is 25.2 Å². The van der Waals surface area contributed by atoms with Gasteiger partial charge in [0.15, 0.2) is 5.13 Å². The van der Waals surface area contributed by atoms with Gasteiger partial charge in [0.25, 0.3) is 10.0 Å². The lowest BCUT2D eigenvalue weighted by Crippen LogP contribution is -2.21. The maximum absolute atomic E-state index is 12.4. The highest BCUT2D eigenvalue weighted by molar-refractivity contribution is 7.93. The van der Waals surface area contributed by atoms with Crippen molar-refractivity contribution >= 4 is 43.7 Å². The van der Waals surface area contributed by atoms with E-state index in [0.29, 0.717) is 5.13 Å². The van der Waals surface area contributed by atoms with Crippen LogP contribution < -0.4 is 10.5 Å². The Hall–Kier alpha value is -1.58.